The van der Waals surface area contributed by atoms with Crippen molar-refractivity contribution in [3.63, 3.8) is 0 Å². The summed E-state index contributed by atoms with van der Waals surface area (Å²) in [6.45, 7) is 2.76. The second kappa shape index (κ2) is 11.7. The summed E-state index contributed by atoms with van der Waals surface area (Å²) in [6.07, 6.45) is 0. The molecule has 31 heavy (non-hydrogen) atoms. The van der Waals surface area contributed by atoms with Crippen LogP contribution in [0.4, 0.5) is 5.69 Å². The molecule has 1 N–H and O–H groups in total. The fourth-order valence-electron chi connectivity index (χ4n) is 2.81. The van der Waals surface area contributed by atoms with Crippen LogP contribution in [0.2, 0.25) is 10.0 Å². The van der Waals surface area contributed by atoms with E-state index in [2.05, 4.69) is 15.5 Å². The largest absolute Gasteiger partial charge is 0.495 e. The fourth-order valence-corrected chi connectivity index (χ4v) is 5.15. The van der Waals surface area contributed by atoms with E-state index in [0.717, 1.165) is 28.8 Å². The number of benzene rings is 2. The number of thioether (sulfide) groups is 2. The number of halogens is 2. The van der Waals surface area contributed by atoms with Crippen LogP contribution in [0.15, 0.2) is 47.6 Å². The summed E-state index contributed by atoms with van der Waals surface area (Å²) in [5, 5.41) is 13.5. The summed E-state index contributed by atoms with van der Waals surface area (Å²) in [5.41, 5.74) is 1.67. The Balaban J connectivity index is 1.55. The third-order valence-corrected chi connectivity index (χ3v) is 6.86. The van der Waals surface area contributed by atoms with Crippen molar-refractivity contribution in [1.29, 1.82) is 0 Å². The number of anilines is 1. The second-order valence-corrected chi connectivity index (χ2v) is 9.18. The van der Waals surface area contributed by atoms with E-state index in [1.54, 1.807) is 37.1 Å². The number of para-hydroxylation sites is 2. The minimum Gasteiger partial charge on any atom is -0.495 e. The van der Waals surface area contributed by atoms with Crippen LogP contribution in [0, 0.1) is 0 Å². The van der Waals surface area contributed by atoms with Gasteiger partial charge in [-0.3, -0.25) is 4.79 Å². The molecule has 3 rings (SSSR count). The monoisotopic (exact) mass is 496 g/mol. The molecule has 6 nitrogen and oxygen atoms in total. The number of nitrogens with zero attached hydrogens (tertiary/aromatic N) is 3. The van der Waals surface area contributed by atoms with Crippen LogP contribution in [-0.4, -0.2) is 33.5 Å². The standard InChI is InChI=1S/C21H22Cl2N4O2S2/c1-3-27-19(12-30-11-14-8-9-15(22)10-16(14)23)25-26-21(27)31-13-20(28)24-17-6-4-5-7-18(17)29-2/h4-10H,3,11-13H2,1-2H3,(H,24,28). The lowest BCUT2D eigenvalue weighted by atomic mass is 10.2. The molecule has 0 fully saturated rings. The molecule has 0 aliphatic rings. The Hall–Kier alpha value is -1.87. The minimum atomic E-state index is -0.131. The lowest BCUT2D eigenvalue weighted by molar-refractivity contribution is -0.113. The van der Waals surface area contributed by atoms with Crippen molar-refractivity contribution in [2.75, 3.05) is 18.2 Å². The zero-order valence-electron chi connectivity index (χ0n) is 17.1. The van der Waals surface area contributed by atoms with Crippen molar-refractivity contribution in [3.05, 3.63) is 63.9 Å². The minimum absolute atomic E-state index is 0.131. The first-order valence-electron chi connectivity index (χ1n) is 9.51. The average Bonchev–Trinajstić information content (AvgIpc) is 3.16. The van der Waals surface area contributed by atoms with E-state index in [0.29, 0.717) is 27.2 Å². The van der Waals surface area contributed by atoms with Gasteiger partial charge in [-0.2, -0.15) is 0 Å². The molecule has 0 aliphatic carbocycles. The zero-order valence-corrected chi connectivity index (χ0v) is 20.2. The predicted octanol–water partition coefficient (Wildman–Crippen LogP) is 5.78. The van der Waals surface area contributed by atoms with Gasteiger partial charge in [0.1, 0.15) is 11.6 Å². The van der Waals surface area contributed by atoms with E-state index in [1.807, 2.05) is 35.8 Å². The number of rotatable bonds is 10. The SMILES string of the molecule is CCn1c(CSCc2ccc(Cl)cc2Cl)nnc1SCC(=O)Nc1ccccc1OC. The maximum atomic E-state index is 12.4. The Kier molecular flexibility index (Phi) is 8.95. The van der Waals surface area contributed by atoms with Gasteiger partial charge in [0.25, 0.3) is 0 Å². The summed E-state index contributed by atoms with van der Waals surface area (Å²) < 4.78 is 7.29. The number of hydrogen-bond acceptors (Lipinski definition) is 6. The molecule has 0 saturated carbocycles. The average molecular weight is 497 g/mol. The maximum Gasteiger partial charge on any atom is 0.234 e. The molecule has 0 atom stereocenters. The zero-order chi connectivity index (χ0) is 22.2. The lowest BCUT2D eigenvalue weighted by Gasteiger charge is -2.10. The van der Waals surface area contributed by atoms with Gasteiger partial charge in [0.2, 0.25) is 5.91 Å². The third-order valence-electron chi connectivity index (χ3n) is 4.33. The van der Waals surface area contributed by atoms with Gasteiger partial charge in [0.05, 0.1) is 24.3 Å². The van der Waals surface area contributed by atoms with Crippen LogP contribution in [0.1, 0.15) is 18.3 Å². The molecule has 0 radical (unpaired) electrons. The highest BCUT2D eigenvalue weighted by Gasteiger charge is 2.14. The molecule has 10 heteroatoms. The van der Waals surface area contributed by atoms with Crippen molar-refractivity contribution in [2.24, 2.45) is 0 Å². The highest BCUT2D eigenvalue weighted by Crippen LogP contribution is 2.27. The number of methoxy groups -OCH3 is 1. The summed E-state index contributed by atoms with van der Waals surface area (Å²) in [6, 6.07) is 12.8. The number of carbonyl (C=O) groups is 1. The summed E-state index contributed by atoms with van der Waals surface area (Å²) in [5.74, 6) is 3.02. The van der Waals surface area contributed by atoms with Gasteiger partial charge in [0, 0.05) is 22.3 Å². The van der Waals surface area contributed by atoms with Gasteiger partial charge < -0.3 is 14.6 Å². The molecule has 0 saturated heterocycles. The molecular formula is C21H22Cl2N4O2S2. The Bertz CT molecular complexity index is 1050. The van der Waals surface area contributed by atoms with Crippen molar-refractivity contribution >= 4 is 58.3 Å². The quantitative estimate of drug-likeness (QED) is 0.358. The van der Waals surface area contributed by atoms with Crippen LogP contribution in [0.3, 0.4) is 0 Å². The van der Waals surface area contributed by atoms with Gasteiger partial charge in [-0.1, -0.05) is 53.2 Å². The van der Waals surface area contributed by atoms with Gasteiger partial charge in [-0.15, -0.1) is 22.0 Å². The van der Waals surface area contributed by atoms with Crippen molar-refractivity contribution in [1.82, 2.24) is 14.8 Å². The van der Waals surface area contributed by atoms with Crippen LogP contribution in [0.25, 0.3) is 0 Å². The number of carbonyl (C=O) groups excluding carboxylic acids is 1. The normalized spacial score (nSPS) is 10.8. The van der Waals surface area contributed by atoms with Gasteiger partial charge in [0.15, 0.2) is 5.16 Å². The molecule has 0 aliphatic heterocycles. The molecule has 1 amide bonds. The molecule has 0 unspecified atom stereocenters. The highest BCUT2D eigenvalue weighted by molar-refractivity contribution is 7.99. The summed E-state index contributed by atoms with van der Waals surface area (Å²) >= 11 is 15.3. The first-order chi connectivity index (χ1) is 15.0. The third kappa shape index (κ3) is 6.55. The molecule has 164 valence electrons. The Labute approximate surface area is 200 Å². The smallest absolute Gasteiger partial charge is 0.234 e. The van der Waals surface area contributed by atoms with Gasteiger partial charge in [-0.25, -0.2) is 0 Å². The number of amides is 1. The number of aromatic nitrogens is 3. The van der Waals surface area contributed by atoms with E-state index in [1.165, 1.54) is 11.8 Å². The van der Waals surface area contributed by atoms with Crippen molar-refractivity contribution in [2.45, 2.75) is 30.1 Å². The highest BCUT2D eigenvalue weighted by atomic mass is 35.5. The van der Waals surface area contributed by atoms with E-state index >= 15 is 0 Å². The van der Waals surface area contributed by atoms with Crippen LogP contribution >= 0.6 is 46.7 Å². The Morgan fingerprint density at radius 2 is 1.97 bits per heavy atom. The molecule has 0 bridgehead atoms. The van der Waals surface area contributed by atoms with Gasteiger partial charge in [-0.05, 0) is 36.8 Å². The molecule has 1 heterocycles. The molecule has 3 aromatic rings. The van der Waals surface area contributed by atoms with E-state index in [-0.39, 0.29) is 11.7 Å². The molecule has 1 aromatic heterocycles. The number of hydrogen-bond donors (Lipinski definition) is 1. The predicted molar refractivity (Wildman–Crippen MR) is 130 cm³/mol. The van der Waals surface area contributed by atoms with Crippen molar-refractivity contribution < 1.29 is 9.53 Å². The lowest BCUT2D eigenvalue weighted by Crippen LogP contribution is -2.15. The first-order valence-corrected chi connectivity index (χ1v) is 12.4. The van der Waals surface area contributed by atoms with Gasteiger partial charge >= 0.3 is 0 Å². The summed E-state index contributed by atoms with van der Waals surface area (Å²) in [7, 11) is 1.57. The first kappa shape index (κ1) is 23.8. The Morgan fingerprint density at radius 1 is 1.16 bits per heavy atom. The Morgan fingerprint density at radius 3 is 2.71 bits per heavy atom. The number of nitrogens with one attached hydrogen (secondary N) is 1. The van der Waals surface area contributed by atoms with E-state index < -0.39 is 0 Å². The van der Waals surface area contributed by atoms with E-state index in [4.69, 9.17) is 27.9 Å². The fraction of sp³-hybridized carbons (Fsp3) is 0.286. The summed E-state index contributed by atoms with van der Waals surface area (Å²) in [4.78, 5) is 12.4. The second-order valence-electron chi connectivity index (χ2n) is 6.41. The van der Waals surface area contributed by atoms with E-state index in [9.17, 15) is 4.79 Å². The topological polar surface area (TPSA) is 69.0 Å². The maximum absolute atomic E-state index is 12.4. The van der Waals surface area contributed by atoms with Crippen LogP contribution in [0.5, 0.6) is 5.75 Å². The van der Waals surface area contributed by atoms with Crippen molar-refractivity contribution in [3.8, 4) is 5.75 Å². The van der Waals surface area contributed by atoms with Crippen LogP contribution in [-0.2, 0) is 22.8 Å². The number of ether oxygens (including phenoxy) is 1. The molecular weight excluding hydrogens is 475 g/mol. The molecule has 0 spiro atoms. The molecule has 2 aromatic carbocycles. The van der Waals surface area contributed by atoms with Crippen LogP contribution < -0.4 is 10.1 Å².